The van der Waals surface area contributed by atoms with E-state index in [9.17, 15) is 65.5 Å². The fourth-order valence-corrected chi connectivity index (χ4v) is 1.94. The molecular formula is C9H7F13O3S. The number of alkyl halides is 13. The van der Waals surface area contributed by atoms with Gasteiger partial charge in [0.15, 0.2) is 0 Å². The second kappa shape index (κ2) is 6.56. The van der Waals surface area contributed by atoms with Crippen LogP contribution >= 0.6 is 0 Å². The zero-order chi connectivity index (χ0) is 21.6. The molecule has 0 saturated carbocycles. The van der Waals surface area contributed by atoms with Crippen molar-refractivity contribution in [3.63, 3.8) is 0 Å². The molecule has 0 aliphatic heterocycles. The van der Waals surface area contributed by atoms with E-state index in [0.29, 0.717) is 0 Å². The van der Waals surface area contributed by atoms with Gasteiger partial charge < -0.3 is 0 Å². The summed E-state index contributed by atoms with van der Waals surface area (Å²) in [6.07, 6.45) is -11.9. The molecule has 3 nitrogen and oxygen atoms in total. The molecular weight excluding hydrogens is 435 g/mol. The molecule has 0 aromatic heterocycles. The number of hydrogen-bond donors (Lipinski definition) is 1. The van der Waals surface area contributed by atoms with Crippen LogP contribution in [0.2, 0.25) is 0 Å². The molecule has 0 fully saturated rings. The molecule has 1 N–H and O–H groups in total. The predicted octanol–water partition coefficient (Wildman–Crippen LogP) is 4.39. The van der Waals surface area contributed by atoms with Crippen LogP contribution in [0.5, 0.6) is 0 Å². The molecule has 0 rings (SSSR count). The number of halogens is 13. The van der Waals surface area contributed by atoms with Crippen LogP contribution in [-0.4, -0.2) is 54.5 Å². The molecule has 0 bridgehead atoms. The van der Waals surface area contributed by atoms with Crippen molar-refractivity contribution in [3.8, 4) is 0 Å². The second-order valence-corrected chi connectivity index (χ2v) is 6.46. The highest BCUT2D eigenvalue weighted by Gasteiger charge is 2.90. The van der Waals surface area contributed by atoms with E-state index in [0.717, 1.165) is 0 Å². The molecule has 0 heterocycles. The Kier molecular flexibility index (Phi) is 6.31. The van der Waals surface area contributed by atoms with Gasteiger partial charge in [0.05, 0.1) is 5.75 Å². The van der Waals surface area contributed by atoms with E-state index in [2.05, 4.69) is 0 Å². The molecule has 0 unspecified atom stereocenters. The van der Waals surface area contributed by atoms with Gasteiger partial charge in [-0.1, -0.05) is 0 Å². The van der Waals surface area contributed by atoms with Crippen molar-refractivity contribution in [2.45, 2.75) is 48.6 Å². The summed E-state index contributed by atoms with van der Waals surface area (Å²) in [6.45, 7) is 0. The zero-order valence-electron chi connectivity index (χ0n) is 11.7. The summed E-state index contributed by atoms with van der Waals surface area (Å²) in [5.74, 6) is -39.2. The fraction of sp³-hybridized carbons (Fsp3) is 1.00. The number of rotatable bonds is 8. The van der Waals surface area contributed by atoms with Gasteiger partial charge in [0.25, 0.3) is 10.1 Å². The second-order valence-electron chi connectivity index (χ2n) is 4.89. The van der Waals surface area contributed by atoms with Crippen LogP contribution in [-0.2, 0) is 10.1 Å². The third kappa shape index (κ3) is 4.12. The third-order valence-corrected chi connectivity index (χ3v) is 3.70. The highest BCUT2D eigenvalue weighted by atomic mass is 32.2. The van der Waals surface area contributed by atoms with Crippen molar-refractivity contribution in [2.75, 3.05) is 5.75 Å². The first-order valence-corrected chi connectivity index (χ1v) is 7.47. The Morgan fingerprint density at radius 3 is 1.27 bits per heavy atom. The van der Waals surface area contributed by atoms with Crippen LogP contribution < -0.4 is 0 Å². The molecule has 26 heavy (non-hydrogen) atoms. The van der Waals surface area contributed by atoms with Crippen LogP contribution in [0, 0.1) is 0 Å². The average Bonchev–Trinajstić information content (AvgIpc) is 2.34. The minimum absolute atomic E-state index is 1.74. The monoisotopic (exact) mass is 442 g/mol. The molecule has 0 amide bonds. The summed E-state index contributed by atoms with van der Waals surface area (Å²) in [6, 6.07) is 0. The Hall–Kier alpha value is -1.00. The maximum atomic E-state index is 13.1. The molecule has 0 radical (unpaired) electrons. The maximum absolute atomic E-state index is 13.1. The highest BCUT2D eigenvalue weighted by molar-refractivity contribution is 7.85. The maximum Gasteiger partial charge on any atom is 0.460 e. The van der Waals surface area contributed by atoms with E-state index in [1.165, 1.54) is 0 Å². The molecule has 0 aliphatic rings. The number of hydrogen-bond acceptors (Lipinski definition) is 2. The third-order valence-electron chi connectivity index (χ3n) is 2.89. The van der Waals surface area contributed by atoms with Crippen LogP contribution in [0.15, 0.2) is 0 Å². The zero-order valence-corrected chi connectivity index (χ0v) is 12.5. The van der Waals surface area contributed by atoms with E-state index in [1.54, 1.807) is 0 Å². The van der Waals surface area contributed by atoms with Crippen molar-refractivity contribution in [2.24, 2.45) is 0 Å². The first-order valence-electron chi connectivity index (χ1n) is 5.86. The lowest BCUT2D eigenvalue weighted by Crippen LogP contribution is -2.70. The normalized spacial score (nSPS) is 16.1. The minimum Gasteiger partial charge on any atom is -0.286 e. The van der Waals surface area contributed by atoms with Gasteiger partial charge in [0.1, 0.15) is 0 Å². The average molecular weight is 442 g/mol. The smallest absolute Gasteiger partial charge is 0.286 e. The topological polar surface area (TPSA) is 54.4 Å². The Bertz CT molecular complexity index is 607. The van der Waals surface area contributed by atoms with Crippen molar-refractivity contribution in [1.82, 2.24) is 0 Å². The first kappa shape index (κ1) is 25.0. The molecule has 0 aromatic carbocycles. The van der Waals surface area contributed by atoms with Gasteiger partial charge in [-0.3, -0.25) is 4.55 Å². The molecule has 0 aliphatic carbocycles. The summed E-state index contributed by atoms with van der Waals surface area (Å²) < 4.78 is 193. The van der Waals surface area contributed by atoms with Gasteiger partial charge in [-0.2, -0.15) is 65.5 Å². The largest absolute Gasteiger partial charge is 0.460 e. The van der Waals surface area contributed by atoms with Gasteiger partial charge in [0, 0.05) is 6.42 Å². The van der Waals surface area contributed by atoms with E-state index in [1.807, 2.05) is 0 Å². The van der Waals surface area contributed by atoms with Crippen LogP contribution in [0.25, 0.3) is 0 Å². The van der Waals surface area contributed by atoms with Gasteiger partial charge in [-0.15, -0.1) is 0 Å². The van der Waals surface area contributed by atoms with Crippen molar-refractivity contribution >= 4 is 10.1 Å². The Balaban J connectivity index is 5.92. The van der Waals surface area contributed by atoms with Crippen molar-refractivity contribution in [3.05, 3.63) is 0 Å². The summed E-state index contributed by atoms with van der Waals surface area (Å²) >= 11 is 0. The van der Waals surface area contributed by atoms with Gasteiger partial charge >= 0.3 is 35.8 Å². The lowest BCUT2D eigenvalue weighted by Gasteiger charge is -2.39. The molecule has 0 aromatic rings. The van der Waals surface area contributed by atoms with Crippen LogP contribution in [0.4, 0.5) is 57.1 Å². The first-order chi connectivity index (χ1) is 11.0. The van der Waals surface area contributed by atoms with Gasteiger partial charge in [-0.05, 0) is 6.42 Å². The summed E-state index contributed by atoms with van der Waals surface area (Å²) in [4.78, 5) is 0. The van der Waals surface area contributed by atoms with Crippen molar-refractivity contribution in [1.29, 1.82) is 0 Å². The Morgan fingerprint density at radius 2 is 0.962 bits per heavy atom. The van der Waals surface area contributed by atoms with E-state index >= 15 is 0 Å². The lowest BCUT2D eigenvalue weighted by atomic mass is 9.92. The van der Waals surface area contributed by atoms with Gasteiger partial charge in [0.2, 0.25) is 0 Å². The summed E-state index contributed by atoms with van der Waals surface area (Å²) in [7, 11) is -5.08. The van der Waals surface area contributed by atoms with E-state index < -0.39 is 64.5 Å². The molecule has 0 atom stereocenters. The van der Waals surface area contributed by atoms with E-state index in [-0.39, 0.29) is 0 Å². The van der Waals surface area contributed by atoms with Crippen LogP contribution in [0.1, 0.15) is 12.8 Å². The standard InChI is InChI=1S/C9H7F13O3S/c10-4(11,2-1-3-26(23,24)25)5(12,13)6(14,15)7(16,17)8(18,19)9(20,21)22/h1-3H2,(H,23,24,25). The SMILES string of the molecule is O=S(=O)(O)CCCC(F)(F)C(F)(F)C(F)(F)C(F)(F)C(F)(F)C(F)(F)F. The Morgan fingerprint density at radius 1 is 0.615 bits per heavy atom. The van der Waals surface area contributed by atoms with Gasteiger partial charge in [-0.25, -0.2) is 0 Å². The Labute approximate surface area is 135 Å². The van der Waals surface area contributed by atoms with Crippen molar-refractivity contribution < 1.29 is 70.0 Å². The summed E-state index contributed by atoms with van der Waals surface area (Å²) in [5, 5.41) is 0. The van der Waals surface area contributed by atoms with E-state index in [4.69, 9.17) is 4.55 Å². The molecule has 0 spiro atoms. The van der Waals surface area contributed by atoms with Crippen LogP contribution in [0.3, 0.4) is 0 Å². The summed E-state index contributed by atoms with van der Waals surface area (Å²) in [5.41, 5.74) is 0. The predicted molar refractivity (Wildman–Crippen MR) is 56.4 cm³/mol. The molecule has 158 valence electrons. The quantitative estimate of drug-likeness (QED) is 0.448. The highest BCUT2D eigenvalue weighted by Crippen LogP contribution is 2.60. The minimum atomic E-state index is -7.99. The molecule has 0 saturated heterocycles. The fourth-order valence-electron chi connectivity index (χ4n) is 1.44. The molecule has 17 heteroatoms. The lowest BCUT2D eigenvalue weighted by molar-refractivity contribution is -0.440.